The van der Waals surface area contributed by atoms with Gasteiger partial charge in [-0.15, -0.1) is 0 Å². The Morgan fingerprint density at radius 1 is 1.44 bits per heavy atom. The first-order valence-corrected chi connectivity index (χ1v) is 5.31. The molecule has 1 rings (SSSR count). The Morgan fingerprint density at radius 2 is 2.12 bits per heavy atom. The number of ether oxygens (including phenoxy) is 1. The average Bonchev–Trinajstić information content (AvgIpc) is 2.34. The highest BCUT2D eigenvalue weighted by Crippen LogP contribution is 2.10. The zero-order chi connectivity index (χ0) is 11.8. The van der Waals surface area contributed by atoms with Crippen LogP contribution in [0.5, 0.6) is 0 Å². The predicted molar refractivity (Wildman–Crippen MR) is 60.9 cm³/mol. The van der Waals surface area contributed by atoms with Crippen molar-refractivity contribution in [3.05, 3.63) is 35.9 Å². The number of benzene rings is 1. The molecule has 0 fully saturated rings. The number of amides is 1. The van der Waals surface area contributed by atoms with E-state index >= 15 is 0 Å². The first-order chi connectivity index (χ1) is 7.74. The van der Waals surface area contributed by atoms with Gasteiger partial charge >= 0.3 is 0 Å². The van der Waals surface area contributed by atoms with E-state index in [1.165, 1.54) is 0 Å². The lowest BCUT2D eigenvalue weighted by atomic mass is 10.1. The third-order valence-electron chi connectivity index (χ3n) is 2.11. The Hall–Kier alpha value is -1.39. The topological polar surface area (TPSA) is 58.6 Å². The summed E-state index contributed by atoms with van der Waals surface area (Å²) in [6.07, 6.45) is -0.674. The van der Waals surface area contributed by atoms with Crippen molar-refractivity contribution in [2.24, 2.45) is 0 Å². The van der Waals surface area contributed by atoms with Crippen LogP contribution in [-0.4, -0.2) is 30.8 Å². The van der Waals surface area contributed by atoms with E-state index in [2.05, 4.69) is 5.32 Å². The van der Waals surface area contributed by atoms with Gasteiger partial charge in [-0.05, 0) is 12.5 Å². The van der Waals surface area contributed by atoms with Crippen molar-refractivity contribution in [3.63, 3.8) is 0 Å². The van der Waals surface area contributed by atoms with E-state index in [1.807, 2.05) is 37.3 Å². The number of rotatable bonds is 6. The molecule has 0 saturated carbocycles. The van der Waals surface area contributed by atoms with Crippen molar-refractivity contribution in [3.8, 4) is 0 Å². The number of aliphatic hydroxyl groups excluding tert-OH is 1. The molecule has 1 unspecified atom stereocenters. The average molecular weight is 223 g/mol. The molecular weight excluding hydrogens is 206 g/mol. The smallest absolute Gasteiger partial charge is 0.246 e. The van der Waals surface area contributed by atoms with E-state index in [0.29, 0.717) is 6.61 Å². The Kier molecular flexibility index (Phi) is 5.53. The van der Waals surface area contributed by atoms with Crippen LogP contribution in [0.15, 0.2) is 30.3 Å². The number of aliphatic hydroxyl groups is 1. The summed E-state index contributed by atoms with van der Waals surface area (Å²) >= 11 is 0. The standard InChI is InChI=1S/C12H17NO3/c1-2-16-9-12(15)13-8-11(14)10-6-4-3-5-7-10/h3-7,11,14H,2,8-9H2,1H3,(H,13,15). The molecule has 4 heteroatoms. The van der Waals surface area contributed by atoms with Gasteiger partial charge in [0.25, 0.3) is 0 Å². The Bertz CT molecular complexity index is 313. The quantitative estimate of drug-likeness (QED) is 0.752. The predicted octanol–water partition coefficient (Wildman–Crippen LogP) is 0.873. The Labute approximate surface area is 95.2 Å². The van der Waals surface area contributed by atoms with E-state index < -0.39 is 6.10 Å². The van der Waals surface area contributed by atoms with Gasteiger partial charge < -0.3 is 15.2 Å². The molecule has 0 heterocycles. The Balaban J connectivity index is 2.30. The van der Waals surface area contributed by atoms with Crippen LogP contribution in [0.1, 0.15) is 18.6 Å². The maximum atomic E-state index is 11.2. The fourth-order valence-electron chi connectivity index (χ4n) is 1.25. The van der Waals surface area contributed by atoms with Gasteiger partial charge in [0.05, 0.1) is 6.10 Å². The SMILES string of the molecule is CCOCC(=O)NCC(O)c1ccccc1. The molecule has 1 amide bonds. The molecule has 0 aliphatic heterocycles. The van der Waals surface area contributed by atoms with Crippen LogP contribution in [0.25, 0.3) is 0 Å². The maximum absolute atomic E-state index is 11.2. The summed E-state index contributed by atoms with van der Waals surface area (Å²) in [5.41, 5.74) is 0.791. The van der Waals surface area contributed by atoms with Crippen LogP contribution < -0.4 is 5.32 Å². The van der Waals surface area contributed by atoms with E-state index in [0.717, 1.165) is 5.56 Å². The minimum Gasteiger partial charge on any atom is -0.387 e. The van der Waals surface area contributed by atoms with E-state index in [1.54, 1.807) is 0 Å². The lowest BCUT2D eigenvalue weighted by molar-refractivity contribution is -0.126. The van der Waals surface area contributed by atoms with Gasteiger partial charge in [0, 0.05) is 13.2 Å². The van der Waals surface area contributed by atoms with Crippen molar-refractivity contribution < 1.29 is 14.6 Å². The van der Waals surface area contributed by atoms with Crippen LogP contribution in [0.3, 0.4) is 0 Å². The first kappa shape index (κ1) is 12.7. The zero-order valence-corrected chi connectivity index (χ0v) is 9.35. The number of nitrogens with one attached hydrogen (secondary N) is 1. The highest BCUT2D eigenvalue weighted by atomic mass is 16.5. The van der Waals surface area contributed by atoms with E-state index in [9.17, 15) is 9.90 Å². The van der Waals surface area contributed by atoms with Gasteiger partial charge in [0.1, 0.15) is 6.61 Å². The van der Waals surface area contributed by atoms with Crippen LogP contribution >= 0.6 is 0 Å². The molecule has 1 aromatic carbocycles. The monoisotopic (exact) mass is 223 g/mol. The first-order valence-electron chi connectivity index (χ1n) is 5.31. The second kappa shape index (κ2) is 6.98. The van der Waals surface area contributed by atoms with Crippen LogP contribution in [-0.2, 0) is 9.53 Å². The molecule has 0 aliphatic rings. The highest BCUT2D eigenvalue weighted by molar-refractivity contribution is 5.77. The van der Waals surface area contributed by atoms with Crippen molar-refractivity contribution in [1.29, 1.82) is 0 Å². The molecule has 0 bridgehead atoms. The molecule has 1 aromatic rings. The fraction of sp³-hybridized carbons (Fsp3) is 0.417. The molecule has 88 valence electrons. The van der Waals surface area contributed by atoms with Crippen molar-refractivity contribution in [1.82, 2.24) is 5.32 Å². The summed E-state index contributed by atoms with van der Waals surface area (Å²) in [5, 5.41) is 12.3. The second-order valence-corrected chi connectivity index (χ2v) is 3.37. The number of carbonyl (C=O) groups is 1. The molecule has 1 atom stereocenters. The summed E-state index contributed by atoms with van der Waals surface area (Å²) in [6, 6.07) is 9.21. The van der Waals surface area contributed by atoms with Crippen molar-refractivity contribution >= 4 is 5.91 Å². The third kappa shape index (κ3) is 4.42. The van der Waals surface area contributed by atoms with Gasteiger partial charge in [0.15, 0.2) is 0 Å². The Morgan fingerprint density at radius 3 is 2.75 bits per heavy atom. The summed E-state index contributed by atoms with van der Waals surface area (Å²) in [6.45, 7) is 2.58. The van der Waals surface area contributed by atoms with Gasteiger partial charge in [-0.2, -0.15) is 0 Å². The van der Waals surface area contributed by atoms with Gasteiger partial charge in [0.2, 0.25) is 5.91 Å². The van der Waals surface area contributed by atoms with Gasteiger partial charge in [-0.25, -0.2) is 0 Å². The van der Waals surface area contributed by atoms with E-state index in [-0.39, 0.29) is 19.1 Å². The van der Waals surface area contributed by atoms with Crippen LogP contribution in [0, 0.1) is 0 Å². The van der Waals surface area contributed by atoms with E-state index in [4.69, 9.17) is 4.74 Å². The number of hydrogen-bond donors (Lipinski definition) is 2. The van der Waals surface area contributed by atoms with Crippen LogP contribution in [0.2, 0.25) is 0 Å². The fourth-order valence-corrected chi connectivity index (χ4v) is 1.25. The minimum absolute atomic E-state index is 0.0397. The molecule has 0 aliphatic carbocycles. The lowest BCUT2D eigenvalue weighted by Crippen LogP contribution is -2.31. The summed E-state index contributed by atoms with van der Waals surface area (Å²) in [5.74, 6) is -0.211. The zero-order valence-electron chi connectivity index (χ0n) is 9.35. The molecular formula is C12H17NO3. The highest BCUT2D eigenvalue weighted by Gasteiger charge is 2.08. The molecule has 0 saturated heterocycles. The number of carbonyl (C=O) groups excluding carboxylic acids is 1. The maximum Gasteiger partial charge on any atom is 0.246 e. The van der Waals surface area contributed by atoms with Crippen LogP contribution in [0.4, 0.5) is 0 Å². The molecule has 0 radical (unpaired) electrons. The summed E-state index contributed by atoms with van der Waals surface area (Å²) in [7, 11) is 0. The summed E-state index contributed by atoms with van der Waals surface area (Å²) < 4.78 is 4.94. The van der Waals surface area contributed by atoms with Gasteiger partial charge in [-0.1, -0.05) is 30.3 Å². The molecule has 16 heavy (non-hydrogen) atoms. The summed E-state index contributed by atoms with van der Waals surface area (Å²) in [4.78, 5) is 11.2. The molecule has 0 spiro atoms. The molecule has 0 aromatic heterocycles. The molecule has 4 nitrogen and oxygen atoms in total. The normalized spacial score (nSPS) is 12.1. The largest absolute Gasteiger partial charge is 0.387 e. The molecule has 2 N–H and O–H groups in total. The minimum atomic E-state index is -0.674. The second-order valence-electron chi connectivity index (χ2n) is 3.37. The lowest BCUT2D eigenvalue weighted by Gasteiger charge is -2.11. The third-order valence-corrected chi connectivity index (χ3v) is 2.11. The van der Waals surface area contributed by atoms with Crippen molar-refractivity contribution in [2.45, 2.75) is 13.0 Å². The number of hydrogen-bond acceptors (Lipinski definition) is 3. The van der Waals surface area contributed by atoms with Crippen molar-refractivity contribution in [2.75, 3.05) is 19.8 Å². The van der Waals surface area contributed by atoms with Gasteiger partial charge in [-0.3, -0.25) is 4.79 Å².